The van der Waals surface area contributed by atoms with Crippen LogP contribution in [-0.4, -0.2) is 33.0 Å². The molecule has 0 saturated heterocycles. The standard InChI is InChI=1S/C55H39N5Si/c1-7-20-40(21-8-1)50-39-51(41-22-9-2-10-23-41)57-52(56-50)43-34-36-44(37-35-43)54-58-53(42-24-11-3-12-25-42)59-55(60-54)45-26-19-33-49(38-45)61(46-27-13-4-14-28-46,47-29-15-5-16-30-47)48-31-17-6-18-32-48/h1-39H. The van der Waals surface area contributed by atoms with Crippen LogP contribution >= 0.6 is 0 Å². The minimum atomic E-state index is -2.79. The van der Waals surface area contributed by atoms with E-state index in [9.17, 15) is 0 Å². The Kier molecular flexibility index (Phi) is 10.2. The maximum absolute atomic E-state index is 5.21. The summed E-state index contributed by atoms with van der Waals surface area (Å²) in [6.45, 7) is 0. The van der Waals surface area contributed by atoms with E-state index in [1.807, 2.05) is 66.7 Å². The SMILES string of the molecule is c1ccc(-c2cc(-c3ccccc3)nc(-c3ccc(-c4nc(-c5ccccc5)nc(-c5cccc([Si](c6ccccc6)(c6ccccc6)c6ccccc6)c5)n4)cc3)n2)cc1. The molecule has 10 aromatic rings. The molecule has 8 aromatic carbocycles. The third-order valence-electron chi connectivity index (χ3n) is 11.1. The van der Waals surface area contributed by atoms with Crippen LogP contribution in [0.4, 0.5) is 0 Å². The summed E-state index contributed by atoms with van der Waals surface area (Å²) < 4.78 is 0. The van der Waals surface area contributed by atoms with Crippen molar-refractivity contribution in [2.45, 2.75) is 0 Å². The van der Waals surface area contributed by atoms with Gasteiger partial charge in [0.25, 0.3) is 0 Å². The highest BCUT2D eigenvalue weighted by atomic mass is 28.3. The third kappa shape index (κ3) is 7.48. The van der Waals surface area contributed by atoms with Crippen molar-refractivity contribution < 1.29 is 0 Å². The Morgan fingerprint density at radius 2 is 0.508 bits per heavy atom. The van der Waals surface area contributed by atoms with Gasteiger partial charge in [0.1, 0.15) is 0 Å². The zero-order chi connectivity index (χ0) is 40.9. The van der Waals surface area contributed by atoms with E-state index < -0.39 is 8.07 Å². The van der Waals surface area contributed by atoms with Crippen LogP contribution in [0.3, 0.4) is 0 Å². The molecule has 0 unspecified atom stereocenters. The highest BCUT2D eigenvalue weighted by Gasteiger charge is 2.41. The Hall–Kier alpha value is -7.93. The van der Waals surface area contributed by atoms with Crippen LogP contribution in [-0.2, 0) is 0 Å². The van der Waals surface area contributed by atoms with Gasteiger partial charge in [0.05, 0.1) is 11.4 Å². The lowest BCUT2D eigenvalue weighted by molar-refractivity contribution is 1.07. The number of hydrogen-bond acceptors (Lipinski definition) is 5. The molecule has 0 bridgehead atoms. The summed E-state index contributed by atoms with van der Waals surface area (Å²) >= 11 is 0. The molecule has 288 valence electrons. The largest absolute Gasteiger partial charge is 0.228 e. The first-order valence-corrected chi connectivity index (χ1v) is 22.4. The molecule has 2 heterocycles. The van der Waals surface area contributed by atoms with Crippen molar-refractivity contribution in [3.63, 3.8) is 0 Å². The maximum atomic E-state index is 5.21. The molecule has 0 spiro atoms. The maximum Gasteiger partial charge on any atom is 0.179 e. The molecule has 0 fully saturated rings. The lowest BCUT2D eigenvalue weighted by Crippen LogP contribution is -2.74. The monoisotopic (exact) mass is 797 g/mol. The molecule has 0 aliphatic rings. The minimum Gasteiger partial charge on any atom is -0.228 e. The van der Waals surface area contributed by atoms with Gasteiger partial charge < -0.3 is 0 Å². The van der Waals surface area contributed by atoms with Gasteiger partial charge in [-0.05, 0) is 26.8 Å². The van der Waals surface area contributed by atoms with Crippen LogP contribution < -0.4 is 20.7 Å². The molecule has 6 heteroatoms. The zero-order valence-electron chi connectivity index (χ0n) is 33.3. The van der Waals surface area contributed by atoms with E-state index in [-0.39, 0.29) is 0 Å². The van der Waals surface area contributed by atoms with E-state index in [0.717, 1.165) is 44.8 Å². The van der Waals surface area contributed by atoms with E-state index in [1.165, 1.54) is 20.7 Å². The van der Waals surface area contributed by atoms with Crippen LogP contribution in [0.25, 0.3) is 68.1 Å². The van der Waals surface area contributed by atoms with E-state index in [4.69, 9.17) is 24.9 Å². The van der Waals surface area contributed by atoms with Crippen molar-refractivity contribution in [2.24, 2.45) is 0 Å². The average Bonchev–Trinajstić information content (AvgIpc) is 3.36. The number of benzene rings is 8. The fourth-order valence-electron chi connectivity index (χ4n) is 8.16. The quantitative estimate of drug-likeness (QED) is 0.102. The number of rotatable bonds is 10. The predicted octanol–water partition coefficient (Wildman–Crippen LogP) is 10.0. The van der Waals surface area contributed by atoms with Crippen LogP contribution in [0.2, 0.25) is 0 Å². The van der Waals surface area contributed by atoms with Crippen LogP contribution in [0, 0.1) is 0 Å². The van der Waals surface area contributed by atoms with Gasteiger partial charge >= 0.3 is 0 Å². The Morgan fingerprint density at radius 1 is 0.213 bits per heavy atom. The summed E-state index contributed by atoms with van der Waals surface area (Å²) in [6.07, 6.45) is 0. The van der Waals surface area contributed by atoms with E-state index in [2.05, 4.69) is 170 Å². The second-order valence-electron chi connectivity index (χ2n) is 14.9. The molecule has 0 radical (unpaired) electrons. The van der Waals surface area contributed by atoms with Crippen molar-refractivity contribution >= 4 is 28.8 Å². The van der Waals surface area contributed by atoms with Gasteiger partial charge in [-0.1, -0.05) is 231 Å². The average molecular weight is 798 g/mol. The molecule has 5 nitrogen and oxygen atoms in total. The van der Waals surface area contributed by atoms with E-state index in [0.29, 0.717) is 23.3 Å². The summed E-state index contributed by atoms with van der Waals surface area (Å²) in [6, 6.07) is 82.6. The van der Waals surface area contributed by atoms with Gasteiger partial charge in [0.2, 0.25) is 0 Å². The smallest absolute Gasteiger partial charge is 0.179 e. The van der Waals surface area contributed by atoms with Gasteiger partial charge in [-0.3, -0.25) is 0 Å². The van der Waals surface area contributed by atoms with Crippen molar-refractivity contribution in [1.82, 2.24) is 24.9 Å². The second-order valence-corrected chi connectivity index (χ2v) is 18.7. The summed E-state index contributed by atoms with van der Waals surface area (Å²) in [5.41, 5.74) is 7.40. The molecule has 0 aliphatic carbocycles. The second kappa shape index (κ2) is 16.7. The van der Waals surface area contributed by atoms with Gasteiger partial charge in [-0.25, -0.2) is 24.9 Å². The first-order valence-electron chi connectivity index (χ1n) is 20.4. The predicted molar refractivity (Wildman–Crippen MR) is 252 cm³/mol. The Balaban J connectivity index is 1.10. The van der Waals surface area contributed by atoms with Crippen molar-refractivity contribution in [3.8, 4) is 68.1 Å². The summed E-state index contributed by atoms with van der Waals surface area (Å²) in [4.78, 5) is 25.6. The fourth-order valence-corrected chi connectivity index (χ4v) is 13.0. The van der Waals surface area contributed by atoms with Crippen LogP contribution in [0.5, 0.6) is 0 Å². The molecule has 0 amide bonds. The Morgan fingerprint density at radius 3 is 0.918 bits per heavy atom. The highest BCUT2D eigenvalue weighted by Crippen LogP contribution is 2.30. The van der Waals surface area contributed by atoms with E-state index >= 15 is 0 Å². The van der Waals surface area contributed by atoms with Gasteiger partial charge in [-0.15, -0.1) is 0 Å². The van der Waals surface area contributed by atoms with Crippen molar-refractivity contribution in [1.29, 1.82) is 0 Å². The Labute approximate surface area is 356 Å². The molecule has 2 aromatic heterocycles. The first-order chi connectivity index (χ1) is 30.2. The molecular weight excluding hydrogens is 759 g/mol. The Bertz CT molecular complexity index is 2890. The first kappa shape index (κ1) is 37.3. The van der Waals surface area contributed by atoms with Gasteiger partial charge in [-0.2, -0.15) is 0 Å². The molecule has 0 aliphatic heterocycles. The highest BCUT2D eigenvalue weighted by molar-refractivity contribution is 7.19. The third-order valence-corrected chi connectivity index (χ3v) is 15.9. The molecule has 61 heavy (non-hydrogen) atoms. The van der Waals surface area contributed by atoms with Gasteiger partial charge in [0.15, 0.2) is 31.4 Å². The normalized spacial score (nSPS) is 11.3. The lowest BCUT2D eigenvalue weighted by atomic mass is 10.1. The molecule has 0 N–H and O–H groups in total. The number of aromatic nitrogens is 5. The summed E-state index contributed by atoms with van der Waals surface area (Å²) in [5.74, 6) is 2.45. The number of nitrogens with zero attached hydrogens (tertiary/aromatic N) is 5. The minimum absolute atomic E-state index is 0.586. The fraction of sp³-hybridized carbons (Fsp3) is 0. The van der Waals surface area contributed by atoms with Crippen LogP contribution in [0.1, 0.15) is 0 Å². The zero-order valence-corrected chi connectivity index (χ0v) is 34.3. The summed E-state index contributed by atoms with van der Waals surface area (Å²) in [7, 11) is -2.79. The molecule has 0 atom stereocenters. The van der Waals surface area contributed by atoms with Gasteiger partial charge in [0, 0.05) is 33.4 Å². The van der Waals surface area contributed by atoms with E-state index in [1.54, 1.807) is 0 Å². The number of hydrogen-bond donors (Lipinski definition) is 0. The lowest BCUT2D eigenvalue weighted by Gasteiger charge is -2.34. The molecular formula is C55H39N5Si. The molecule has 0 saturated carbocycles. The van der Waals surface area contributed by atoms with Crippen LogP contribution in [0.15, 0.2) is 237 Å². The molecule has 10 rings (SSSR count). The van der Waals surface area contributed by atoms with Crippen molar-refractivity contribution in [3.05, 3.63) is 237 Å². The summed E-state index contributed by atoms with van der Waals surface area (Å²) in [5, 5.41) is 5.16. The topological polar surface area (TPSA) is 64.5 Å². The van der Waals surface area contributed by atoms with Crippen molar-refractivity contribution in [2.75, 3.05) is 0 Å².